The molecule has 0 aliphatic rings. The molecule has 27 heavy (non-hydrogen) atoms. The summed E-state index contributed by atoms with van der Waals surface area (Å²) in [5, 5.41) is 10.3. The number of aromatic amines is 2. The van der Waals surface area contributed by atoms with E-state index in [1.807, 2.05) is 0 Å². The average Bonchev–Trinajstić information content (AvgIpc) is 3.07. The number of nitrogens with one attached hydrogen (secondary N) is 2. The zero-order valence-corrected chi connectivity index (χ0v) is 16.4. The second-order valence-corrected chi connectivity index (χ2v) is 7.41. The lowest BCUT2D eigenvalue weighted by Gasteiger charge is -2.11. The number of hydrogen-bond donors (Lipinski definition) is 3. The van der Waals surface area contributed by atoms with Crippen molar-refractivity contribution in [2.24, 2.45) is 0 Å². The molecule has 9 nitrogen and oxygen atoms in total. The zero-order chi connectivity index (χ0) is 19.9. The molecule has 0 saturated carbocycles. The van der Waals surface area contributed by atoms with Gasteiger partial charge in [-0.3, -0.25) is 9.00 Å². The van der Waals surface area contributed by atoms with Gasteiger partial charge >= 0.3 is 0 Å². The lowest BCUT2D eigenvalue weighted by Crippen LogP contribution is -2.17. The molecule has 0 amide bonds. The van der Waals surface area contributed by atoms with Gasteiger partial charge in [0.05, 0.1) is 41.9 Å². The van der Waals surface area contributed by atoms with Crippen LogP contribution in [0.15, 0.2) is 9.95 Å². The van der Waals surface area contributed by atoms with Crippen LogP contribution >= 0.6 is 0 Å². The number of H-pyrrole nitrogens is 2. The van der Waals surface area contributed by atoms with Gasteiger partial charge in [-0.15, -0.1) is 0 Å². The Morgan fingerprint density at radius 2 is 1.74 bits per heavy atom. The lowest BCUT2D eigenvalue weighted by atomic mass is 10.1. The Morgan fingerprint density at radius 1 is 1.04 bits per heavy atom. The highest BCUT2D eigenvalue weighted by atomic mass is 32.2. The molecule has 3 aromatic heterocycles. The first-order valence-electron chi connectivity index (χ1n) is 8.06. The van der Waals surface area contributed by atoms with E-state index in [1.165, 1.54) is 14.2 Å². The fourth-order valence-corrected chi connectivity index (χ4v) is 3.95. The molecule has 1 atom stereocenters. The molecule has 10 heteroatoms. The Balaban J connectivity index is 2.02. The number of ether oxygens (including phenoxy) is 2. The van der Waals surface area contributed by atoms with Crippen LogP contribution in [0.3, 0.4) is 0 Å². The van der Waals surface area contributed by atoms with Crippen molar-refractivity contribution in [1.82, 2.24) is 19.9 Å². The second kappa shape index (κ2) is 7.03. The minimum Gasteiger partial charge on any atom is -0.503 e. The molecule has 0 aliphatic heterocycles. The van der Waals surface area contributed by atoms with Gasteiger partial charge in [-0.1, -0.05) is 0 Å². The first-order chi connectivity index (χ1) is 12.8. The number of imidazole rings is 1. The summed E-state index contributed by atoms with van der Waals surface area (Å²) in [7, 11) is 1.30. The van der Waals surface area contributed by atoms with Gasteiger partial charge in [-0.25, -0.2) is 4.98 Å². The summed E-state index contributed by atoms with van der Waals surface area (Å²) in [6.45, 7) is 5.14. The maximum absolute atomic E-state index is 12.8. The van der Waals surface area contributed by atoms with E-state index < -0.39 is 10.8 Å². The monoisotopic (exact) mass is 392 g/mol. The van der Waals surface area contributed by atoms with E-state index in [9.17, 15) is 14.1 Å². The van der Waals surface area contributed by atoms with E-state index in [1.54, 1.807) is 20.8 Å². The van der Waals surface area contributed by atoms with Crippen molar-refractivity contribution < 1.29 is 18.8 Å². The van der Waals surface area contributed by atoms with Gasteiger partial charge in [0.15, 0.2) is 16.6 Å². The molecule has 0 fully saturated rings. The van der Waals surface area contributed by atoms with E-state index in [2.05, 4.69) is 19.9 Å². The quantitative estimate of drug-likeness (QED) is 0.601. The average molecular weight is 392 g/mol. The first kappa shape index (κ1) is 18.9. The number of pyridine rings is 2. The molecule has 0 aromatic carbocycles. The normalized spacial score (nSPS) is 12.3. The van der Waals surface area contributed by atoms with Crippen molar-refractivity contribution in [1.29, 1.82) is 0 Å². The standard InChI is InChI=1S/C17H20N4O5S/c1-7-10(18-15(23)9(3)13(7)25-4)6-27(24)17-19-11-8(2)12(22)16(26-5)20-14(11)21-17/h22H,6H2,1-5H3,(H,18,23)(H,19,20,21). The topological polar surface area (TPSA) is 130 Å². The van der Waals surface area contributed by atoms with E-state index >= 15 is 0 Å². The summed E-state index contributed by atoms with van der Waals surface area (Å²) in [6.07, 6.45) is 0. The van der Waals surface area contributed by atoms with Crippen LogP contribution in [-0.2, 0) is 16.6 Å². The highest BCUT2D eigenvalue weighted by Gasteiger charge is 2.20. The number of rotatable bonds is 5. The van der Waals surface area contributed by atoms with Crippen LogP contribution in [0.2, 0.25) is 0 Å². The van der Waals surface area contributed by atoms with E-state index in [0.29, 0.717) is 33.7 Å². The van der Waals surface area contributed by atoms with Crippen molar-refractivity contribution in [2.75, 3.05) is 14.2 Å². The second-order valence-electron chi connectivity index (χ2n) is 6.04. The van der Waals surface area contributed by atoms with Crippen LogP contribution < -0.4 is 15.0 Å². The molecule has 0 bridgehead atoms. The Kier molecular flexibility index (Phi) is 4.92. The molecule has 3 aromatic rings. The predicted molar refractivity (Wildman–Crippen MR) is 100 cm³/mol. The summed E-state index contributed by atoms with van der Waals surface area (Å²) in [5.74, 6) is 0.462. The van der Waals surface area contributed by atoms with Gasteiger partial charge in [0.1, 0.15) is 5.75 Å². The number of fused-ring (bicyclic) bond motifs is 1. The molecule has 0 spiro atoms. The SMILES string of the molecule is COc1nc2nc(S(=O)Cc3[nH]c(=O)c(C)c(OC)c3C)[nH]c2c(C)c1O. The molecular weight excluding hydrogens is 372 g/mol. The minimum absolute atomic E-state index is 0.0414. The van der Waals surface area contributed by atoms with E-state index in [0.717, 1.165) is 0 Å². The third-order valence-corrected chi connectivity index (χ3v) is 5.61. The molecule has 1 unspecified atom stereocenters. The Hall–Kier alpha value is -2.88. The van der Waals surface area contributed by atoms with Crippen molar-refractivity contribution in [3.63, 3.8) is 0 Å². The molecule has 0 saturated heterocycles. The Bertz CT molecular complexity index is 1120. The van der Waals surface area contributed by atoms with Crippen LogP contribution in [0.5, 0.6) is 17.4 Å². The maximum atomic E-state index is 12.8. The molecule has 0 radical (unpaired) electrons. The van der Waals surface area contributed by atoms with E-state index in [-0.39, 0.29) is 33.7 Å². The Labute approximate surface area is 157 Å². The maximum Gasteiger partial charge on any atom is 0.259 e. The third kappa shape index (κ3) is 3.16. The van der Waals surface area contributed by atoms with Gasteiger partial charge in [-0.05, 0) is 20.8 Å². The summed E-state index contributed by atoms with van der Waals surface area (Å²) in [4.78, 5) is 26.1. The minimum atomic E-state index is -1.58. The molecule has 0 aliphatic carbocycles. The highest BCUT2D eigenvalue weighted by molar-refractivity contribution is 7.84. The molecule has 3 N–H and O–H groups in total. The summed E-state index contributed by atoms with van der Waals surface area (Å²) in [5.41, 5.74) is 2.66. The number of hydrogen-bond acceptors (Lipinski definition) is 7. The van der Waals surface area contributed by atoms with Crippen molar-refractivity contribution in [3.8, 4) is 17.4 Å². The van der Waals surface area contributed by atoms with Crippen molar-refractivity contribution in [3.05, 3.63) is 32.7 Å². The highest BCUT2D eigenvalue weighted by Crippen LogP contribution is 2.32. The van der Waals surface area contributed by atoms with Gasteiger partial charge < -0.3 is 24.5 Å². The van der Waals surface area contributed by atoms with Crippen LogP contribution in [0, 0.1) is 20.8 Å². The van der Waals surface area contributed by atoms with Gasteiger partial charge in [-0.2, -0.15) is 4.98 Å². The fraction of sp³-hybridized carbons (Fsp3) is 0.353. The van der Waals surface area contributed by atoms with Crippen LogP contribution in [0.1, 0.15) is 22.4 Å². The predicted octanol–water partition coefficient (Wildman–Crippen LogP) is 1.60. The number of nitrogens with zero attached hydrogens (tertiary/aromatic N) is 2. The summed E-state index contributed by atoms with van der Waals surface area (Å²) >= 11 is 0. The van der Waals surface area contributed by atoms with Gasteiger partial charge in [0.2, 0.25) is 0 Å². The molecule has 3 rings (SSSR count). The van der Waals surface area contributed by atoms with Crippen LogP contribution in [0.25, 0.3) is 11.2 Å². The van der Waals surface area contributed by atoms with Crippen LogP contribution in [0.4, 0.5) is 0 Å². The number of methoxy groups -OCH3 is 2. The largest absolute Gasteiger partial charge is 0.503 e. The van der Waals surface area contributed by atoms with Gasteiger partial charge in [0, 0.05) is 16.8 Å². The Morgan fingerprint density at radius 3 is 2.37 bits per heavy atom. The van der Waals surface area contributed by atoms with Gasteiger partial charge in [0.25, 0.3) is 11.4 Å². The molecule has 144 valence electrons. The third-order valence-electron chi connectivity index (χ3n) is 4.43. The van der Waals surface area contributed by atoms with Crippen molar-refractivity contribution >= 4 is 22.0 Å². The van der Waals surface area contributed by atoms with E-state index in [4.69, 9.17) is 9.47 Å². The molecular formula is C17H20N4O5S. The molecule has 3 heterocycles. The number of aromatic nitrogens is 4. The smallest absolute Gasteiger partial charge is 0.259 e. The van der Waals surface area contributed by atoms with Crippen LogP contribution in [-0.4, -0.2) is 43.5 Å². The summed E-state index contributed by atoms with van der Waals surface area (Å²) < 4.78 is 23.1. The lowest BCUT2D eigenvalue weighted by molar-refractivity contribution is 0.359. The number of aromatic hydroxyl groups is 1. The summed E-state index contributed by atoms with van der Waals surface area (Å²) in [6, 6.07) is 0. The first-order valence-corrected chi connectivity index (χ1v) is 9.38. The van der Waals surface area contributed by atoms with Crippen molar-refractivity contribution in [2.45, 2.75) is 31.7 Å². The fourth-order valence-electron chi connectivity index (χ4n) is 2.86. The zero-order valence-electron chi connectivity index (χ0n) is 15.6. The number of aryl methyl sites for hydroxylation is 1.